The Labute approximate surface area is 325 Å². The molecule has 1 saturated heterocycles. The maximum atomic E-state index is 14.4. The second kappa shape index (κ2) is 22.2. The molecule has 13 nitrogen and oxygen atoms in total. The second-order valence-electron chi connectivity index (χ2n) is 14.5. The van der Waals surface area contributed by atoms with Gasteiger partial charge in [0.25, 0.3) is 0 Å². The predicted molar refractivity (Wildman–Crippen MR) is 210 cm³/mol. The molecule has 1 fully saturated rings. The van der Waals surface area contributed by atoms with E-state index >= 15 is 0 Å². The van der Waals surface area contributed by atoms with Gasteiger partial charge in [0.15, 0.2) is 22.6 Å². The molecule has 4 rings (SSSR count). The lowest BCUT2D eigenvalue weighted by atomic mass is 9.99. The molecular weight excluding hydrogens is 726 g/mol. The first-order chi connectivity index (χ1) is 26.5. The minimum Gasteiger partial charge on any atom is -0.461 e. The van der Waals surface area contributed by atoms with Gasteiger partial charge in [-0.3, -0.25) is 13.9 Å². The topological polar surface area (TPSA) is 173 Å². The van der Waals surface area contributed by atoms with E-state index in [1.165, 1.54) is 69.2 Å². The Bertz CT molecular complexity index is 1690. The van der Waals surface area contributed by atoms with E-state index < -0.39 is 50.4 Å². The lowest BCUT2D eigenvalue weighted by Crippen LogP contribution is -2.44. The molecule has 2 aromatic heterocycles. The van der Waals surface area contributed by atoms with Gasteiger partial charge in [0, 0.05) is 6.42 Å². The summed E-state index contributed by atoms with van der Waals surface area (Å²) < 4.78 is 53.8. The highest BCUT2D eigenvalue weighted by Crippen LogP contribution is 2.48. The number of nitrogens with two attached hydrogens (primary N) is 1. The number of unbranched alkanes of at least 4 members (excludes halogenated alkanes) is 12. The number of aliphatic hydroxyl groups is 1. The van der Waals surface area contributed by atoms with Crippen LogP contribution in [-0.2, 0) is 23.4 Å². The number of rotatable bonds is 26. The Morgan fingerprint density at radius 3 is 2.25 bits per heavy atom. The number of aliphatic hydroxyl groups excluding tert-OH is 1. The molecule has 3 aromatic rings. The zero-order valence-electron chi connectivity index (χ0n) is 32.7. The number of anilines is 1. The smallest absolute Gasteiger partial charge is 0.459 e. The average molecular weight is 787 g/mol. The van der Waals surface area contributed by atoms with Crippen LogP contribution in [0.15, 0.2) is 36.7 Å². The maximum Gasteiger partial charge on any atom is 0.459 e. The highest BCUT2D eigenvalue weighted by molar-refractivity contribution is 7.52. The number of imidazole rings is 1. The van der Waals surface area contributed by atoms with Crippen LogP contribution < -0.4 is 15.3 Å². The monoisotopic (exact) mass is 786 g/mol. The predicted octanol–water partition coefficient (Wildman–Crippen LogP) is 8.57. The van der Waals surface area contributed by atoms with Crippen LogP contribution in [0, 0.1) is 18.4 Å². The Balaban J connectivity index is 1.43. The van der Waals surface area contributed by atoms with Gasteiger partial charge in [0.05, 0.1) is 6.33 Å². The molecule has 4 N–H and O–H groups in total. The van der Waals surface area contributed by atoms with E-state index in [1.807, 2.05) is 0 Å². The number of benzene rings is 1. The summed E-state index contributed by atoms with van der Waals surface area (Å²) in [6.45, 7) is 5.35. The van der Waals surface area contributed by atoms with Crippen LogP contribution in [-0.4, -0.2) is 61.1 Å². The van der Waals surface area contributed by atoms with Crippen LogP contribution >= 0.6 is 7.75 Å². The molecule has 15 heteroatoms. The summed E-state index contributed by atoms with van der Waals surface area (Å²) in [5.74, 6) is 1.91. The van der Waals surface area contributed by atoms with Gasteiger partial charge in [0.2, 0.25) is 0 Å². The van der Waals surface area contributed by atoms with Crippen LogP contribution in [0.3, 0.4) is 0 Å². The highest BCUT2D eigenvalue weighted by Gasteiger charge is 2.50. The number of esters is 1. The minimum atomic E-state index is -4.38. The van der Waals surface area contributed by atoms with Crippen molar-refractivity contribution in [3.63, 3.8) is 0 Å². The van der Waals surface area contributed by atoms with E-state index in [0.29, 0.717) is 0 Å². The van der Waals surface area contributed by atoms with Crippen molar-refractivity contribution in [3.05, 3.63) is 42.7 Å². The first-order valence-electron chi connectivity index (χ1n) is 20.0. The Kier molecular flexibility index (Phi) is 17.8. The first kappa shape index (κ1) is 44.1. The summed E-state index contributed by atoms with van der Waals surface area (Å²) in [4.78, 5) is 25.0. The number of halogens is 1. The molecule has 0 saturated carbocycles. The van der Waals surface area contributed by atoms with Gasteiger partial charge in [-0.05, 0) is 44.7 Å². The Hall–Kier alpha value is -3.60. The zero-order valence-corrected chi connectivity index (χ0v) is 33.6. The van der Waals surface area contributed by atoms with Crippen molar-refractivity contribution in [1.29, 1.82) is 0 Å². The molecular formula is C40H60FN6O7P. The number of nitrogen functional groups attached to an aromatic ring is 1. The van der Waals surface area contributed by atoms with Crippen molar-refractivity contribution in [3.8, 4) is 18.1 Å². The molecule has 1 aliphatic heterocycles. The van der Waals surface area contributed by atoms with E-state index in [1.54, 1.807) is 30.3 Å². The van der Waals surface area contributed by atoms with E-state index in [-0.39, 0.29) is 35.3 Å². The summed E-state index contributed by atoms with van der Waals surface area (Å²) in [6.07, 6.45) is 21.3. The van der Waals surface area contributed by atoms with E-state index in [4.69, 9.17) is 30.7 Å². The number of hydrogen-bond acceptors (Lipinski definition) is 11. The fourth-order valence-corrected chi connectivity index (χ4v) is 8.23. The van der Waals surface area contributed by atoms with Crippen LogP contribution in [0.25, 0.3) is 11.2 Å². The van der Waals surface area contributed by atoms with Crippen molar-refractivity contribution >= 4 is 30.7 Å². The fraction of sp³-hybridized carbons (Fsp3) is 0.650. The highest BCUT2D eigenvalue weighted by atomic mass is 31.2. The molecule has 0 radical (unpaired) electrons. The van der Waals surface area contributed by atoms with Crippen molar-refractivity contribution in [1.82, 2.24) is 24.6 Å². The summed E-state index contributed by atoms with van der Waals surface area (Å²) in [7, 11) is -4.38. The lowest BCUT2D eigenvalue weighted by molar-refractivity contribution is -0.151. The minimum absolute atomic E-state index is 0.0419. The maximum absolute atomic E-state index is 14.4. The van der Waals surface area contributed by atoms with Gasteiger partial charge in [-0.15, -0.1) is 6.42 Å². The van der Waals surface area contributed by atoms with E-state index in [0.717, 1.165) is 51.4 Å². The largest absolute Gasteiger partial charge is 0.461 e. The van der Waals surface area contributed by atoms with Gasteiger partial charge in [-0.2, -0.15) is 19.4 Å². The number of nitrogens with one attached hydrogen (secondary N) is 1. The SMILES string of the molecule is C#C[C@]1(CO[P@@](=O)(N[C@@H](C)C(=O)OC(CCCCCCCCC)CCCCCCCCC)Oc2ccccc2)O[C@@H](n2cnc3c(N)nc(F)nc32)C[C@@H]1O. The normalized spacial score (nSPS) is 20.0. The number of para-hydroxylation sites is 1. The van der Waals surface area contributed by atoms with Crippen LogP contribution in [0.2, 0.25) is 0 Å². The molecule has 55 heavy (non-hydrogen) atoms. The van der Waals surface area contributed by atoms with Crippen LogP contribution in [0.4, 0.5) is 10.2 Å². The van der Waals surface area contributed by atoms with Gasteiger partial charge >= 0.3 is 19.8 Å². The van der Waals surface area contributed by atoms with Crippen molar-refractivity contribution in [2.45, 2.75) is 160 Å². The third-order valence-electron chi connectivity index (χ3n) is 9.95. The number of carbonyl (C=O) groups is 1. The quantitative estimate of drug-likeness (QED) is 0.0233. The molecule has 0 bridgehead atoms. The number of nitrogens with zero attached hydrogens (tertiary/aromatic N) is 4. The Morgan fingerprint density at radius 1 is 1.05 bits per heavy atom. The summed E-state index contributed by atoms with van der Waals surface area (Å²) in [5, 5.41) is 13.9. The summed E-state index contributed by atoms with van der Waals surface area (Å²) in [5.41, 5.74) is 4.18. The van der Waals surface area contributed by atoms with Gasteiger partial charge in [-0.25, -0.2) is 9.55 Å². The van der Waals surface area contributed by atoms with Crippen LogP contribution in [0.5, 0.6) is 5.75 Å². The Morgan fingerprint density at radius 2 is 1.65 bits per heavy atom. The van der Waals surface area contributed by atoms with Crippen LogP contribution in [0.1, 0.15) is 136 Å². The number of terminal acetylenes is 1. The molecule has 0 unspecified atom stereocenters. The number of carbonyl (C=O) groups excluding carboxylic acids is 1. The molecule has 1 aliphatic rings. The van der Waals surface area contributed by atoms with Gasteiger partial charge in [0.1, 0.15) is 36.8 Å². The molecule has 0 aliphatic carbocycles. The van der Waals surface area contributed by atoms with Crippen molar-refractivity contribution in [2.24, 2.45) is 0 Å². The second-order valence-corrected chi connectivity index (χ2v) is 16.2. The van der Waals surface area contributed by atoms with E-state index in [2.05, 4.69) is 39.8 Å². The third kappa shape index (κ3) is 13.2. The summed E-state index contributed by atoms with van der Waals surface area (Å²) in [6, 6.07) is 7.24. The average Bonchev–Trinajstić information content (AvgIpc) is 3.74. The number of fused-ring (bicyclic) bond motifs is 1. The molecule has 1 aromatic carbocycles. The standard InChI is InChI=1S/C40H60FN6O7P/c1-5-8-10-12-14-16-19-23-31(24-20-17-15-13-11-9-6-2)52-38(49)30(4)46-55(50,54-32-25-21-18-22-26-32)51-28-40(7-3)33(48)27-34(53-40)47-29-43-35-36(42)44-39(41)45-37(35)47/h3,18,21-22,25-26,29-31,33-34,48H,5-6,8-17,19-20,23-24,27-28H2,1-2,4H3,(H,46,50)(H2,42,44,45)/t30-,33-,34+,40+,55-/m0/s1. The number of aromatic nitrogens is 4. The molecule has 5 atom stereocenters. The molecule has 3 heterocycles. The number of ether oxygens (including phenoxy) is 2. The molecule has 0 spiro atoms. The third-order valence-corrected chi connectivity index (χ3v) is 11.6. The zero-order chi connectivity index (χ0) is 39.7. The van der Waals surface area contributed by atoms with Gasteiger partial charge in [-0.1, -0.05) is 115 Å². The van der Waals surface area contributed by atoms with E-state index in [9.17, 15) is 18.9 Å². The van der Waals surface area contributed by atoms with Crippen molar-refractivity contribution in [2.75, 3.05) is 12.3 Å². The lowest BCUT2D eigenvalue weighted by Gasteiger charge is -2.30. The fourth-order valence-electron chi connectivity index (χ4n) is 6.71. The molecule has 304 valence electrons. The van der Waals surface area contributed by atoms with Crippen molar-refractivity contribution < 1.29 is 37.4 Å². The first-order valence-corrected chi connectivity index (χ1v) is 21.5. The number of hydrogen-bond donors (Lipinski definition) is 3. The molecule has 0 amide bonds. The van der Waals surface area contributed by atoms with Gasteiger partial charge < -0.3 is 24.8 Å². The summed E-state index contributed by atoms with van der Waals surface area (Å²) >= 11 is 0.